The highest BCUT2D eigenvalue weighted by molar-refractivity contribution is 7.92. The quantitative estimate of drug-likeness (QED) is 0.759. The summed E-state index contributed by atoms with van der Waals surface area (Å²) in [6.45, 7) is 1.73. The third-order valence-corrected chi connectivity index (χ3v) is 3.11. The lowest BCUT2D eigenvalue weighted by molar-refractivity contribution is -0.136. The second-order valence-electron chi connectivity index (χ2n) is 3.36. The molecule has 0 aliphatic carbocycles. The third-order valence-electron chi connectivity index (χ3n) is 1.85. The Kier molecular flexibility index (Phi) is 3.53. The van der Waals surface area contributed by atoms with E-state index in [4.69, 9.17) is 5.11 Å². The van der Waals surface area contributed by atoms with Gasteiger partial charge in [-0.05, 0) is 6.92 Å². The number of hydrogen-bond acceptors (Lipinski definition) is 4. The molecular formula is C8H13N3O4S. The van der Waals surface area contributed by atoms with Crippen LogP contribution in [-0.2, 0) is 21.9 Å². The zero-order valence-corrected chi connectivity index (χ0v) is 9.78. The number of aryl methyl sites for hydroxylation is 2. The number of sulfonamides is 1. The molecule has 90 valence electrons. The van der Waals surface area contributed by atoms with E-state index in [1.165, 1.54) is 4.68 Å². The first-order valence-electron chi connectivity index (χ1n) is 4.53. The summed E-state index contributed by atoms with van der Waals surface area (Å²) in [6.07, 6.45) is -0.424. The first kappa shape index (κ1) is 12.5. The molecule has 7 nitrogen and oxygen atoms in total. The Hall–Kier alpha value is -1.57. The van der Waals surface area contributed by atoms with Gasteiger partial charge in [-0.2, -0.15) is 5.10 Å². The van der Waals surface area contributed by atoms with Crippen molar-refractivity contribution in [3.05, 3.63) is 11.8 Å². The van der Waals surface area contributed by atoms with Crippen LogP contribution in [0, 0.1) is 6.92 Å². The van der Waals surface area contributed by atoms with E-state index in [1.54, 1.807) is 20.0 Å². The van der Waals surface area contributed by atoms with Gasteiger partial charge in [0.15, 0.2) is 0 Å². The number of carboxylic acids is 1. The number of hydrogen-bond donors (Lipinski definition) is 2. The van der Waals surface area contributed by atoms with Crippen molar-refractivity contribution in [3.8, 4) is 0 Å². The molecule has 2 N–H and O–H groups in total. The maximum atomic E-state index is 11.5. The van der Waals surface area contributed by atoms with Crippen LogP contribution in [0.15, 0.2) is 6.07 Å². The first-order chi connectivity index (χ1) is 7.30. The van der Waals surface area contributed by atoms with Gasteiger partial charge < -0.3 is 5.11 Å². The SMILES string of the molecule is Cc1cc(NS(=O)(=O)CCC(=O)O)n(C)n1. The van der Waals surface area contributed by atoms with Crippen molar-refractivity contribution in [3.63, 3.8) is 0 Å². The average Bonchev–Trinajstić information content (AvgIpc) is 2.41. The summed E-state index contributed by atoms with van der Waals surface area (Å²) in [4.78, 5) is 10.3. The van der Waals surface area contributed by atoms with Crippen molar-refractivity contribution >= 4 is 21.8 Å². The van der Waals surface area contributed by atoms with E-state index in [9.17, 15) is 13.2 Å². The Morgan fingerprint density at radius 2 is 2.25 bits per heavy atom. The minimum Gasteiger partial charge on any atom is -0.481 e. The Bertz CT molecular complexity index is 491. The van der Waals surface area contributed by atoms with Crippen LogP contribution in [0.5, 0.6) is 0 Å². The fraction of sp³-hybridized carbons (Fsp3) is 0.500. The van der Waals surface area contributed by atoms with Gasteiger partial charge in [-0.15, -0.1) is 0 Å². The first-order valence-corrected chi connectivity index (χ1v) is 6.18. The van der Waals surface area contributed by atoms with E-state index >= 15 is 0 Å². The molecule has 0 saturated heterocycles. The van der Waals surface area contributed by atoms with Gasteiger partial charge in [0.05, 0.1) is 17.9 Å². The Labute approximate surface area is 93.1 Å². The Morgan fingerprint density at radius 3 is 2.69 bits per heavy atom. The Balaban J connectivity index is 2.73. The minimum atomic E-state index is -3.63. The molecule has 0 atom stereocenters. The van der Waals surface area contributed by atoms with E-state index < -0.39 is 28.2 Å². The van der Waals surface area contributed by atoms with E-state index in [-0.39, 0.29) is 0 Å². The van der Waals surface area contributed by atoms with Crippen LogP contribution in [0.3, 0.4) is 0 Å². The predicted molar refractivity (Wildman–Crippen MR) is 57.6 cm³/mol. The molecular weight excluding hydrogens is 234 g/mol. The van der Waals surface area contributed by atoms with E-state index in [2.05, 4.69) is 9.82 Å². The van der Waals surface area contributed by atoms with Gasteiger partial charge in [-0.25, -0.2) is 8.42 Å². The summed E-state index contributed by atoms with van der Waals surface area (Å²) in [5, 5.41) is 12.4. The molecule has 0 aliphatic rings. The topological polar surface area (TPSA) is 101 Å². The van der Waals surface area contributed by atoms with Crippen molar-refractivity contribution in [2.24, 2.45) is 7.05 Å². The van der Waals surface area contributed by atoms with Gasteiger partial charge in [-0.3, -0.25) is 14.2 Å². The number of anilines is 1. The molecule has 0 unspecified atom stereocenters. The zero-order valence-electron chi connectivity index (χ0n) is 8.97. The highest BCUT2D eigenvalue weighted by atomic mass is 32.2. The fourth-order valence-electron chi connectivity index (χ4n) is 1.14. The van der Waals surface area contributed by atoms with Gasteiger partial charge >= 0.3 is 5.97 Å². The number of aliphatic carboxylic acids is 1. The molecule has 0 amide bonds. The molecule has 16 heavy (non-hydrogen) atoms. The summed E-state index contributed by atoms with van der Waals surface area (Å²) in [6, 6.07) is 1.57. The summed E-state index contributed by atoms with van der Waals surface area (Å²) in [5.74, 6) is -1.28. The molecule has 1 aromatic heterocycles. The van der Waals surface area contributed by atoms with E-state index in [1.807, 2.05) is 0 Å². The molecule has 1 heterocycles. The average molecular weight is 247 g/mol. The lowest BCUT2D eigenvalue weighted by atomic mass is 10.5. The molecule has 0 aromatic carbocycles. The highest BCUT2D eigenvalue weighted by Crippen LogP contribution is 2.10. The van der Waals surface area contributed by atoms with Crippen molar-refractivity contribution in [1.82, 2.24) is 9.78 Å². The molecule has 0 aliphatic heterocycles. The largest absolute Gasteiger partial charge is 0.481 e. The monoisotopic (exact) mass is 247 g/mol. The van der Waals surface area contributed by atoms with Crippen LogP contribution >= 0.6 is 0 Å². The van der Waals surface area contributed by atoms with E-state index in [0.717, 1.165) is 0 Å². The van der Waals surface area contributed by atoms with Crippen molar-refractivity contribution in [2.75, 3.05) is 10.5 Å². The molecule has 0 saturated carbocycles. The maximum Gasteiger partial charge on any atom is 0.304 e. The number of rotatable bonds is 5. The van der Waals surface area contributed by atoms with Crippen LogP contribution < -0.4 is 4.72 Å². The van der Waals surface area contributed by atoms with Crippen LogP contribution in [0.1, 0.15) is 12.1 Å². The molecule has 0 bridgehead atoms. The van der Waals surface area contributed by atoms with E-state index in [0.29, 0.717) is 11.5 Å². The summed E-state index contributed by atoms with van der Waals surface area (Å²) < 4.78 is 26.6. The number of aromatic nitrogens is 2. The van der Waals surface area contributed by atoms with Crippen molar-refractivity contribution in [2.45, 2.75) is 13.3 Å². The molecule has 8 heteroatoms. The zero-order chi connectivity index (χ0) is 12.3. The number of carbonyl (C=O) groups is 1. The number of nitrogens with one attached hydrogen (secondary N) is 1. The van der Waals surface area contributed by atoms with Gasteiger partial charge in [0.25, 0.3) is 0 Å². The van der Waals surface area contributed by atoms with Gasteiger partial charge in [0, 0.05) is 13.1 Å². The Morgan fingerprint density at radius 1 is 1.62 bits per heavy atom. The fourth-order valence-corrected chi connectivity index (χ4v) is 2.19. The van der Waals surface area contributed by atoms with Crippen LogP contribution in [0.4, 0.5) is 5.82 Å². The minimum absolute atomic E-state index is 0.322. The highest BCUT2D eigenvalue weighted by Gasteiger charge is 2.14. The molecule has 0 spiro atoms. The smallest absolute Gasteiger partial charge is 0.304 e. The normalized spacial score (nSPS) is 11.4. The molecule has 0 fully saturated rings. The van der Waals surface area contributed by atoms with Gasteiger partial charge in [-0.1, -0.05) is 0 Å². The lowest BCUT2D eigenvalue weighted by Crippen LogP contribution is -2.20. The summed E-state index contributed by atoms with van der Waals surface area (Å²) in [5.41, 5.74) is 0.679. The van der Waals surface area contributed by atoms with Crippen LogP contribution in [-0.4, -0.2) is 35.0 Å². The van der Waals surface area contributed by atoms with Gasteiger partial charge in [0.2, 0.25) is 10.0 Å². The standard InChI is InChI=1S/C8H13N3O4S/c1-6-5-7(11(2)9-6)10-16(14,15)4-3-8(12)13/h5,10H,3-4H2,1-2H3,(H,12,13). The molecule has 0 radical (unpaired) electrons. The predicted octanol–water partition coefficient (Wildman–Crippen LogP) is -0.0551. The maximum absolute atomic E-state index is 11.5. The second kappa shape index (κ2) is 4.52. The number of nitrogens with zero attached hydrogens (tertiary/aromatic N) is 2. The van der Waals surface area contributed by atoms with Crippen molar-refractivity contribution in [1.29, 1.82) is 0 Å². The van der Waals surface area contributed by atoms with Crippen LogP contribution in [0.2, 0.25) is 0 Å². The third kappa shape index (κ3) is 3.54. The summed E-state index contributed by atoms with van der Waals surface area (Å²) >= 11 is 0. The number of carboxylic acid groups (broad SMARTS) is 1. The summed E-state index contributed by atoms with van der Waals surface area (Å²) in [7, 11) is -2.03. The second-order valence-corrected chi connectivity index (χ2v) is 5.20. The molecule has 1 rings (SSSR count). The van der Waals surface area contributed by atoms with Crippen LogP contribution in [0.25, 0.3) is 0 Å². The molecule has 1 aromatic rings. The lowest BCUT2D eigenvalue weighted by Gasteiger charge is -2.06. The van der Waals surface area contributed by atoms with Gasteiger partial charge in [0.1, 0.15) is 5.82 Å². The van der Waals surface area contributed by atoms with Crippen molar-refractivity contribution < 1.29 is 18.3 Å².